The van der Waals surface area contributed by atoms with E-state index >= 15 is 0 Å². The van der Waals surface area contributed by atoms with Gasteiger partial charge in [0.25, 0.3) is 0 Å². The molecule has 0 atom stereocenters. The van der Waals surface area contributed by atoms with Crippen molar-refractivity contribution < 1.29 is 13.5 Å². The second kappa shape index (κ2) is 7.07. The highest BCUT2D eigenvalue weighted by Gasteiger charge is 2.28. The Morgan fingerprint density at radius 3 is 2.58 bits per heavy atom. The van der Waals surface area contributed by atoms with Crippen LogP contribution in [0.15, 0.2) is 65.7 Å². The molecule has 3 aromatic heterocycles. The summed E-state index contributed by atoms with van der Waals surface area (Å²) in [6.45, 7) is 0. The van der Waals surface area contributed by atoms with Crippen LogP contribution in [-0.2, 0) is 9.84 Å². The predicted octanol–water partition coefficient (Wildman–Crippen LogP) is 0.857. The van der Waals surface area contributed by atoms with E-state index in [1.165, 1.54) is 22.9 Å². The van der Waals surface area contributed by atoms with Gasteiger partial charge in [-0.2, -0.15) is 0 Å². The molecule has 0 aliphatic rings. The van der Waals surface area contributed by atoms with Gasteiger partial charge in [0.1, 0.15) is 16.9 Å². The number of hydrogen-bond donors (Lipinski definition) is 2. The third-order valence-electron chi connectivity index (χ3n) is 5.62. The lowest BCUT2D eigenvalue weighted by Crippen LogP contribution is -2.33. The van der Waals surface area contributed by atoms with Gasteiger partial charge >= 0.3 is 0 Å². The maximum absolute atomic E-state index is 12.3. The smallest absolute Gasteiger partial charge is 0.197 e. The number of benzene rings is 2. The molecule has 0 bridgehead atoms. The summed E-state index contributed by atoms with van der Waals surface area (Å²) in [4.78, 5) is 16.6. The number of sulfone groups is 1. The van der Waals surface area contributed by atoms with Crippen LogP contribution in [0.4, 0.5) is 0 Å². The summed E-state index contributed by atoms with van der Waals surface area (Å²) in [6, 6.07) is 14.8. The van der Waals surface area contributed by atoms with E-state index in [2.05, 4.69) is 4.98 Å². The van der Waals surface area contributed by atoms with Crippen molar-refractivity contribution in [1.29, 1.82) is 0 Å². The lowest BCUT2D eigenvalue weighted by atomic mass is 10.2. The highest BCUT2D eigenvalue weighted by molar-refractivity contribution is 7.90. The van der Waals surface area contributed by atoms with E-state index in [9.17, 15) is 18.5 Å². The molecule has 3 heterocycles. The van der Waals surface area contributed by atoms with Gasteiger partial charge in [0, 0.05) is 34.5 Å². The van der Waals surface area contributed by atoms with E-state index in [1.807, 2.05) is 0 Å². The summed E-state index contributed by atoms with van der Waals surface area (Å²) in [5, 5.41) is 13.9. The van der Waals surface area contributed by atoms with Gasteiger partial charge in [0.15, 0.2) is 20.5 Å². The minimum absolute atomic E-state index is 0.0628. The lowest BCUT2D eigenvalue weighted by molar-refractivity contribution is -0.533. The Balaban J connectivity index is 2.14. The van der Waals surface area contributed by atoms with Crippen LogP contribution in [-0.4, -0.2) is 33.9 Å². The average molecular weight is 462 g/mol. The van der Waals surface area contributed by atoms with Crippen molar-refractivity contribution in [1.82, 2.24) is 14.2 Å². The number of rotatable bonds is 3. The molecule has 33 heavy (non-hydrogen) atoms. The largest absolute Gasteiger partial charge is 0.404 e. The standard InChI is InChI=1S/C22H18N6O4S/c1-33(31,32)14-8-9-16-18(11-14)26(21(24)15-6-3-2-5-13(15)12-23)22-19(16)20-17(7-4-10-25-20)27(22)28(29)30/h2-12H,23-24H2,1H3/b13-12-,21-15+. The molecule has 0 aliphatic heterocycles. The first kappa shape index (κ1) is 20.5. The van der Waals surface area contributed by atoms with Crippen LogP contribution in [0.5, 0.6) is 0 Å². The Kier molecular flexibility index (Phi) is 4.40. The molecule has 0 amide bonds. The number of nitro groups is 1. The minimum atomic E-state index is -3.55. The van der Waals surface area contributed by atoms with Gasteiger partial charge in [-0.05, 0) is 28.9 Å². The summed E-state index contributed by atoms with van der Waals surface area (Å²) < 4.78 is 27.0. The molecule has 10 nitrogen and oxygen atoms in total. The van der Waals surface area contributed by atoms with Crippen LogP contribution in [0.1, 0.15) is 0 Å². The lowest BCUT2D eigenvalue weighted by Gasteiger charge is -2.09. The monoisotopic (exact) mass is 462 g/mol. The van der Waals surface area contributed by atoms with Crippen molar-refractivity contribution in [2.75, 3.05) is 6.26 Å². The molecule has 0 saturated heterocycles. The molecule has 5 aromatic rings. The fourth-order valence-electron chi connectivity index (χ4n) is 4.20. The van der Waals surface area contributed by atoms with Gasteiger partial charge in [-0.15, -0.1) is 0 Å². The van der Waals surface area contributed by atoms with Crippen LogP contribution in [0, 0.1) is 10.1 Å². The Morgan fingerprint density at radius 2 is 1.88 bits per heavy atom. The molecule has 11 heteroatoms. The summed E-state index contributed by atoms with van der Waals surface area (Å²) >= 11 is 0. The van der Waals surface area contributed by atoms with E-state index in [0.29, 0.717) is 37.8 Å². The fourth-order valence-corrected chi connectivity index (χ4v) is 4.84. The quantitative estimate of drug-likeness (QED) is 0.298. The number of hydrogen-bond acceptors (Lipinski definition) is 7. The van der Waals surface area contributed by atoms with Crippen LogP contribution in [0.3, 0.4) is 0 Å². The number of nitrogens with two attached hydrogens (primary N) is 2. The van der Waals surface area contributed by atoms with Gasteiger partial charge in [-0.3, -0.25) is 9.55 Å². The Hall–Kier alpha value is -4.38. The summed E-state index contributed by atoms with van der Waals surface area (Å²) in [7, 11) is -3.55. The first-order valence-electron chi connectivity index (χ1n) is 9.79. The third kappa shape index (κ3) is 2.93. The number of fused-ring (bicyclic) bond motifs is 5. The molecule has 4 N–H and O–H groups in total. The SMILES string of the molecule is CS(=O)(=O)c1ccc2c3c4ncccc4n([N+](=O)[O-])c3n(/C(N)=c3\cccc\c3=C\N)c2c1. The van der Waals surface area contributed by atoms with Crippen molar-refractivity contribution in [3.05, 3.63) is 81.3 Å². The number of nitrogens with zero attached hydrogens (tertiary/aromatic N) is 4. The second-order valence-electron chi connectivity index (χ2n) is 7.55. The normalized spacial score (nSPS) is 13.8. The molecule has 0 saturated carbocycles. The zero-order chi connectivity index (χ0) is 23.5. The van der Waals surface area contributed by atoms with E-state index < -0.39 is 14.9 Å². The van der Waals surface area contributed by atoms with E-state index in [0.717, 1.165) is 10.9 Å². The Bertz CT molecular complexity index is 1850. The topological polar surface area (TPSA) is 152 Å². The maximum Gasteiger partial charge on any atom is 0.197 e. The average Bonchev–Trinajstić information content (AvgIpc) is 3.29. The molecule has 0 unspecified atom stereocenters. The molecule has 0 spiro atoms. The molecular formula is C22H18N6O4S. The highest BCUT2D eigenvalue weighted by Crippen LogP contribution is 2.37. The minimum Gasteiger partial charge on any atom is -0.404 e. The molecular weight excluding hydrogens is 444 g/mol. The molecule has 0 radical (unpaired) electrons. The highest BCUT2D eigenvalue weighted by atomic mass is 32.2. The van der Waals surface area contributed by atoms with E-state index in [-0.39, 0.29) is 16.4 Å². The van der Waals surface area contributed by atoms with Crippen LogP contribution in [0.2, 0.25) is 0 Å². The molecule has 2 aromatic carbocycles. The second-order valence-corrected chi connectivity index (χ2v) is 9.56. The van der Waals surface area contributed by atoms with Crippen LogP contribution >= 0.6 is 0 Å². The van der Waals surface area contributed by atoms with Crippen molar-refractivity contribution >= 4 is 54.8 Å². The first-order valence-corrected chi connectivity index (χ1v) is 11.7. The zero-order valence-electron chi connectivity index (χ0n) is 17.3. The molecule has 166 valence electrons. The van der Waals surface area contributed by atoms with Crippen LogP contribution in [0.25, 0.3) is 45.0 Å². The van der Waals surface area contributed by atoms with Gasteiger partial charge in [0.2, 0.25) is 0 Å². The predicted molar refractivity (Wildman–Crippen MR) is 126 cm³/mol. The Labute approximate surface area is 186 Å². The van der Waals surface area contributed by atoms with Gasteiger partial charge < -0.3 is 11.5 Å². The zero-order valence-corrected chi connectivity index (χ0v) is 18.2. The number of pyridine rings is 1. The van der Waals surface area contributed by atoms with Gasteiger partial charge in [-0.1, -0.05) is 30.3 Å². The van der Waals surface area contributed by atoms with Crippen molar-refractivity contribution in [3.63, 3.8) is 0 Å². The Morgan fingerprint density at radius 1 is 1.12 bits per heavy atom. The van der Waals surface area contributed by atoms with Gasteiger partial charge in [0.05, 0.1) is 15.8 Å². The van der Waals surface area contributed by atoms with E-state index in [4.69, 9.17) is 11.5 Å². The van der Waals surface area contributed by atoms with Crippen molar-refractivity contribution in [3.8, 4) is 0 Å². The third-order valence-corrected chi connectivity index (χ3v) is 6.73. The summed E-state index contributed by atoms with van der Waals surface area (Å²) in [6.07, 6.45) is 4.03. The molecule has 5 rings (SSSR count). The van der Waals surface area contributed by atoms with Crippen molar-refractivity contribution in [2.24, 2.45) is 11.5 Å². The molecule has 0 fully saturated rings. The summed E-state index contributed by atoms with van der Waals surface area (Å²) in [5.41, 5.74) is 13.7. The van der Waals surface area contributed by atoms with Gasteiger partial charge in [-0.25, -0.2) is 18.5 Å². The van der Waals surface area contributed by atoms with Crippen LogP contribution < -0.4 is 21.9 Å². The van der Waals surface area contributed by atoms with Crippen molar-refractivity contribution in [2.45, 2.75) is 4.90 Å². The number of aromatic nitrogens is 3. The maximum atomic E-state index is 12.3. The molecule has 0 aliphatic carbocycles. The fraction of sp³-hybridized carbons (Fsp3) is 0.0455. The van der Waals surface area contributed by atoms with E-state index in [1.54, 1.807) is 48.7 Å². The summed E-state index contributed by atoms with van der Waals surface area (Å²) in [5.74, 6) is 0.156. The first-order chi connectivity index (χ1) is 15.7.